The number of hydrogen-bond acceptors (Lipinski definition) is 3. The molecule has 4 N–H and O–H groups in total. The second-order valence-corrected chi connectivity index (χ2v) is 4.95. The van der Waals surface area contributed by atoms with Crippen molar-refractivity contribution < 1.29 is 4.79 Å². The van der Waals surface area contributed by atoms with Gasteiger partial charge >= 0.3 is 0 Å². The number of carbonyl (C=O) groups excluding carboxylic acids is 1. The van der Waals surface area contributed by atoms with Crippen LogP contribution in [0.25, 0.3) is 0 Å². The number of nitrogens with one attached hydrogen (secondary N) is 2. The van der Waals surface area contributed by atoms with Crippen molar-refractivity contribution in [2.45, 2.75) is 24.8 Å². The number of aromatic nitrogens is 2. The predicted molar refractivity (Wildman–Crippen MR) is 72.7 cm³/mol. The number of aromatic amines is 1. The summed E-state index contributed by atoms with van der Waals surface area (Å²) in [5.41, 5.74) is 7.34. The second-order valence-electron chi connectivity index (χ2n) is 4.95. The number of rotatable bonds is 3. The molecule has 1 aliphatic rings. The molecule has 1 aliphatic carbocycles. The first-order chi connectivity index (χ1) is 9.22. The lowest BCUT2D eigenvalue weighted by Crippen LogP contribution is -2.43. The van der Waals surface area contributed by atoms with E-state index >= 15 is 0 Å². The Morgan fingerprint density at radius 1 is 1.32 bits per heavy atom. The first-order valence-corrected chi connectivity index (χ1v) is 6.39. The molecule has 1 amide bonds. The molecule has 2 aromatic rings. The summed E-state index contributed by atoms with van der Waals surface area (Å²) in [5, 5.41) is 9.88. The lowest BCUT2D eigenvalue weighted by atomic mass is 9.78. The Bertz CT molecular complexity index is 572. The van der Waals surface area contributed by atoms with Gasteiger partial charge in [0.05, 0.1) is 0 Å². The summed E-state index contributed by atoms with van der Waals surface area (Å²) in [6.45, 7) is 0. The lowest BCUT2D eigenvalue weighted by molar-refractivity contribution is 0.0908. The fraction of sp³-hybridized carbons (Fsp3) is 0.286. The minimum absolute atomic E-state index is 0.00632. The Hall–Kier alpha value is -2.30. The van der Waals surface area contributed by atoms with Crippen LogP contribution in [-0.4, -0.2) is 22.1 Å². The van der Waals surface area contributed by atoms with Crippen LogP contribution in [0.15, 0.2) is 36.4 Å². The zero-order valence-electron chi connectivity index (χ0n) is 10.5. The van der Waals surface area contributed by atoms with Gasteiger partial charge in [-0.05, 0) is 25.0 Å². The Labute approximate surface area is 111 Å². The molecular formula is C14H16N4O. The van der Waals surface area contributed by atoms with E-state index in [0.29, 0.717) is 17.3 Å². The highest BCUT2D eigenvalue weighted by Gasteiger charge is 2.32. The van der Waals surface area contributed by atoms with Crippen molar-refractivity contribution in [3.63, 3.8) is 0 Å². The maximum absolute atomic E-state index is 11.9. The van der Waals surface area contributed by atoms with E-state index in [1.54, 1.807) is 0 Å². The molecule has 1 aromatic carbocycles. The average Bonchev–Trinajstić information content (AvgIpc) is 2.80. The average molecular weight is 256 g/mol. The van der Waals surface area contributed by atoms with Crippen molar-refractivity contribution >= 4 is 11.7 Å². The van der Waals surface area contributed by atoms with E-state index < -0.39 is 0 Å². The third-order valence-electron chi connectivity index (χ3n) is 3.57. The molecule has 0 radical (unpaired) electrons. The van der Waals surface area contributed by atoms with Crippen LogP contribution in [0.5, 0.6) is 0 Å². The molecule has 19 heavy (non-hydrogen) atoms. The number of carbonyl (C=O) groups is 1. The first kappa shape index (κ1) is 11.8. The molecule has 0 atom stereocenters. The van der Waals surface area contributed by atoms with Crippen LogP contribution in [0, 0.1) is 0 Å². The fourth-order valence-corrected chi connectivity index (χ4v) is 2.41. The van der Waals surface area contributed by atoms with Crippen molar-refractivity contribution in [3.05, 3.63) is 47.7 Å². The summed E-state index contributed by atoms with van der Waals surface area (Å²) in [4.78, 5) is 11.9. The van der Waals surface area contributed by atoms with E-state index in [9.17, 15) is 4.79 Å². The zero-order chi connectivity index (χ0) is 13.2. The normalized spacial score (nSPS) is 21.7. The van der Waals surface area contributed by atoms with Crippen molar-refractivity contribution in [3.8, 4) is 0 Å². The molecule has 0 bridgehead atoms. The van der Waals surface area contributed by atoms with E-state index in [1.165, 1.54) is 0 Å². The third-order valence-corrected chi connectivity index (χ3v) is 3.57. The van der Waals surface area contributed by atoms with Crippen molar-refractivity contribution in [2.75, 3.05) is 5.73 Å². The maximum atomic E-state index is 11.9. The topological polar surface area (TPSA) is 83.8 Å². The van der Waals surface area contributed by atoms with Crippen LogP contribution in [0.4, 0.5) is 5.82 Å². The monoisotopic (exact) mass is 256 g/mol. The van der Waals surface area contributed by atoms with Crippen molar-refractivity contribution in [1.29, 1.82) is 0 Å². The van der Waals surface area contributed by atoms with Crippen molar-refractivity contribution in [1.82, 2.24) is 15.5 Å². The van der Waals surface area contributed by atoms with E-state index in [1.807, 2.05) is 36.4 Å². The Morgan fingerprint density at radius 3 is 2.68 bits per heavy atom. The number of nitrogens with two attached hydrogens (primary N) is 1. The molecule has 1 fully saturated rings. The van der Waals surface area contributed by atoms with Gasteiger partial charge in [0.15, 0.2) is 0 Å². The largest absolute Gasteiger partial charge is 0.382 e. The van der Waals surface area contributed by atoms with Gasteiger partial charge in [0.1, 0.15) is 5.82 Å². The molecular weight excluding hydrogens is 240 g/mol. The number of hydrogen-bond donors (Lipinski definition) is 3. The van der Waals surface area contributed by atoms with Crippen LogP contribution in [-0.2, 0) is 0 Å². The highest BCUT2D eigenvalue weighted by molar-refractivity contribution is 5.94. The summed E-state index contributed by atoms with van der Waals surface area (Å²) >= 11 is 0. The fourth-order valence-electron chi connectivity index (χ4n) is 2.41. The number of anilines is 1. The molecule has 1 aromatic heterocycles. The zero-order valence-corrected chi connectivity index (χ0v) is 10.5. The SMILES string of the molecule is Nc1cc(C2CC(NC(=O)c3ccccc3)C2)[nH]n1. The standard InChI is InChI=1S/C14H16N4O/c15-13-8-12(17-18-13)10-6-11(7-10)16-14(19)9-4-2-1-3-5-9/h1-5,8,10-11H,6-7H2,(H,16,19)(H3,15,17,18). The van der Waals surface area contributed by atoms with Gasteiger partial charge in [-0.3, -0.25) is 9.89 Å². The van der Waals surface area contributed by atoms with E-state index in [0.717, 1.165) is 18.5 Å². The summed E-state index contributed by atoms with van der Waals surface area (Å²) in [6.07, 6.45) is 1.86. The Morgan fingerprint density at radius 2 is 2.05 bits per heavy atom. The van der Waals surface area contributed by atoms with Crippen LogP contribution in [0.3, 0.4) is 0 Å². The van der Waals surface area contributed by atoms with Crippen LogP contribution in [0.1, 0.15) is 34.8 Å². The lowest BCUT2D eigenvalue weighted by Gasteiger charge is -2.35. The first-order valence-electron chi connectivity index (χ1n) is 6.39. The van der Waals surface area contributed by atoms with E-state index in [2.05, 4.69) is 15.5 Å². The van der Waals surface area contributed by atoms with Gasteiger partial charge < -0.3 is 11.1 Å². The van der Waals surface area contributed by atoms with Gasteiger partial charge in [0.2, 0.25) is 0 Å². The molecule has 5 heteroatoms. The minimum atomic E-state index is -0.00632. The molecule has 1 heterocycles. The van der Waals surface area contributed by atoms with Gasteiger partial charge in [-0.1, -0.05) is 18.2 Å². The molecule has 0 unspecified atom stereocenters. The molecule has 0 saturated heterocycles. The number of nitrogen functional groups attached to an aromatic ring is 1. The summed E-state index contributed by atoms with van der Waals surface area (Å²) < 4.78 is 0. The number of H-pyrrole nitrogens is 1. The number of benzene rings is 1. The van der Waals surface area contributed by atoms with Gasteiger partial charge in [-0.15, -0.1) is 0 Å². The minimum Gasteiger partial charge on any atom is -0.382 e. The predicted octanol–water partition coefficient (Wildman–Crippen LogP) is 1.67. The maximum Gasteiger partial charge on any atom is 0.251 e. The van der Waals surface area contributed by atoms with Gasteiger partial charge in [-0.2, -0.15) is 5.10 Å². The van der Waals surface area contributed by atoms with E-state index in [-0.39, 0.29) is 11.9 Å². The highest BCUT2D eigenvalue weighted by atomic mass is 16.1. The van der Waals surface area contributed by atoms with E-state index in [4.69, 9.17) is 5.73 Å². The molecule has 3 rings (SSSR count). The van der Waals surface area contributed by atoms with Crippen molar-refractivity contribution in [2.24, 2.45) is 0 Å². The van der Waals surface area contributed by atoms with Crippen LogP contribution < -0.4 is 11.1 Å². The molecule has 0 aliphatic heterocycles. The third kappa shape index (κ3) is 2.45. The summed E-state index contributed by atoms with van der Waals surface area (Å²) in [6, 6.07) is 11.4. The van der Waals surface area contributed by atoms with Gasteiger partial charge in [-0.25, -0.2) is 0 Å². The second kappa shape index (κ2) is 4.76. The molecule has 1 saturated carbocycles. The molecule has 98 valence electrons. The molecule has 5 nitrogen and oxygen atoms in total. The smallest absolute Gasteiger partial charge is 0.251 e. The number of nitrogens with zero attached hydrogens (tertiary/aromatic N) is 1. The molecule has 0 spiro atoms. The van der Waals surface area contributed by atoms with Crippen LogP contribution >= 0.6 is 0 Å². The van der Waals surface area contributed by atoms with Crippen LogP contribution in [0.2, 0.25) is 0 Å². The summed E-state index contributed by atoms with van der Waals surface area (Å²) in [5.74, 6) is 0.936. The number of amides is 1. The van der Waals surface area contributed by atoms with Gasteiger partial charge in [0.25, 0.3) is 5.91 Å². The van der Waals surface area contributed by atoms with Gasteiger partial charge in [0, 0.05) is 29.3 Å². The Kier molecular flexibility index (Phi) is 2.95. The summed E-state index contributed by atoms with van der Waals surface area (Å²) in [7, 11) is 0. The quantitative estimate of drug-likeness (QED) is 0.781. The highest BCUT2D eigenvalue weighted by Crippen LogP contribution is 2.36. The Balaban J connectivity index is 1.53.